The zero-order valence-corrected chi connectivity index (χ0v) is 11.0. The Balaban J connectivity index is 2.76. The van der Waals surface area contributed by atoms with Crippen LogP contribution in [0.1, 0.15) is 34.6 Å². The Morgan fingerprint density at radius 3 is 1.17 bits per heavy atom. The van der Waals surface area contributed by atoms with E-state index in [1.54, 1.807) is 0 Å². The topological polar surface area (TPSA) is 0 Å². The van der Waals surface area contributed by atoms with Gasteiger partial charge in [-0.1, -0.05) is 57.2 Å². The van der Waals surface area contributed by atoms with Crippen molar-refractivity contribution in [1.82, 2.24) is 0 Å². The summed E-state index contributed by atoms with van der Waals surface area (Å²) >= 11 is 2.65. The van der Waals surface area contributed by atoms with Gasteiger partial charge in [0.25, 0.3) is 0 Å². The normalized spacial score (nSPS) is 55.5. The SMILES string of the molecule is CC1C(C)C(C)C(I)C(C)C1C. The average molecular weight is 280 g/mol. The number of hydrogen-bond acceptors (Lipinski definition) is 0. The first-order valence-corrected chi connectivity index (χ1v) is 6.35. The molecule has 0 aromatic heterocycles. The van der Waals surface area contributed by atoms with Gasteiger partial charge in [-0.25, -0.2) is 0 Å². The van der Waals surface area contributed by atoms with Crippen LogP contribution < -0.4 is 0 Å². The van der Waals surface area contributed by atoms with Gasteiger partial charge in [0.1, 0.15) is 0 Å². The molecule has 0 radical (unpaired) electrons. The van der Waals surface area contributed by atoms with Crippen LogP contribution in [0.5, 0.6) is 0 Å². The molecule has 1 saturated carbocycles. The van der Waals surface area contributed by atoms with E-state index in [1.165, 1.54) is 0 Å². The lowest BCUT2D eigenvalue weighted by molar-refractivity contribution is 0.0989. The highest BCUT2D eigenvalue weighted by atomic mass is 127. The molecule has 1 fully saturated rings. The van der Waals surface area contributed by atoms with Gasteiger partial charge in [-0.3, -0.25) is 0 Å². The molecule has 0 nitrogen and oxygen atoms in total. The summed E-state index contributed by atoms with van der Waals surface area (Å²) in [6.45, 7) is 12.1. The summed E-state index contributed by atoms with van der Waals surface area (Å²) in [7, 11) is 0. The van der Waals surface area contributed by atoms with Crippen molar-refractivity contribution in [3.63, 3.8) is 0 Å². The zero-order chi connectivity index (χ0) is 9.46. The largest absolute Gasteiger partial charge is 0.0820 e. The molecule has 1 heteroatoms. The summed E-state index contributed by atoms with van der Waals surface area (Å²) < 4.78 is 0.879. The second-order valence-electron chi connectivity index (χ2n) is 4.74. The van der Waals surface area contributed by atoms with Gasteiger partial charge in [0.15, 0.2) is 0 Å². The zero-order valence-electron chi connectivity index (χ0n) is 8.84. The summed E-state index contributed by atoms with van der Waals surface area (Å²) in [6, 6.07) is 0. The molecule has 0 aromatic rings. The minimum atomic E-state index is 0.879. The monoisotopic (exact) mass is 280 g/mol. The Kier molecular flexibility index (Phi) is 3.47. The van der Waals surface area contributed by atoms with Crippen molar-refractivity contribution in [2.24, 2.45) is 29.6 Å². The van der Waals surface area contributed by atoms with Gasteiger partial charge in [0.05, 0.1) is 0 Å². The molecule has 0 amide bonds. The van der Waals surface area contributed by atoms with Crippen LogP contribution >= 0.6 is 22.6 Å². The van der Waals surface area contributed by atoms with E-state index in [2.05, 4.69) is 57.2 Å². The van der Waals surface area contributed by atoms with Gasteiger partial charge in [-0.05, 0) is 29.6 Å². The molecule has 1 aliphatic carbocycles. The standard InChI is InChI=1S/C11H21I/c1-6-7(2)9(4)11(12)10(5)8(6)3/h6-11H,1-5H3. The van der Waals surface area contributed by atoms with Crippen LogP contribution in [0, 0.1) is 29.6 Å². The maximum Gasteiger partial charge on any atom is 0.0166 e. The molecule has 0 N–H and O–H groups in total. The van der Waals surface area contributed by atoms with Crippen molar-refractivity contribution in [2.45, 2.75) is 38.5 Å². The molecule has 1 rings (SSSR count). The molecule has 0 heterocycles. The van der Waals surface area contributed by atoms with E-state index in [4.69, 9.17) is 0 Å². The van der Waals surface area contributed by atoms with E-state index in [1.807, 2.05) is 0 Å². The fourth-order valence-electron chi connectivity index (χ4n) is 2.50. The van der Waals surface area contributed by atoms with E-state index >= 15 is 0 Å². The third kappa shape index (κ3) is 1.66. The van der Waals surface area contributed by atoms with Crippen LogP contribution in [0.2, 0.25) is 0 Å². The first kappa shape index (κ1) is 10.8. The second kappa shape index (κ2) is 3.85. The van der Waals surface area contributed by atoms with Crippen LogP contribution in [0.15, 0.2) is 0 Å². The summed E-state index contributed by atoms with van der Waals surface area (Å²) in [4.78, 5) is 0. The minimum Gasteiger partial charge on any atom is -0.0820 e. The Morgan fingerprint density at radius 1 is 0.583 bits per heavy atom. The van der Waals surface area contributed by atoms with Crippen LogP contribution in [-0.2, 0) is 0 Å². The van der Waals surface area contributed by atoms with Crippen LogP contribution in [0.4, 0.5) is 0 Å². The smallest absolute Gasteiger partial charge is 0.0166 e. The number of alkyl halides is 1. The second-order valence-corrected chi connectivity index (χ2v) is 6.18. The van der Waals surface area contributed by atoms with Gasteiger partial charge < -0.3 is 0 Å². The van der Waals surface area contributed by atoms with Gasteiger partial charge >= 0.3 is 0 Å². The van der Waals surface area contributed by atoms with E-state index < -0.39 is 0 Å². The van der Waals surface area contributed by atoms with Crippen molar-refractivity contribution in [2.75, 3.05) is 0 Å². The van der Waals surface area contributed by atoms with E-state index in [9.17, 15) is 0 Å². The Hall–Kier alpha value is 0.730. The van der Waals surface area contributed by atoms with Crippen LogP contribution in [0.25, 0.3) is 0 Å². The van der Waals surface area contributed by atoms with E-state index in [0.29, 0.717) is 0 Å². The lowest BCUT2D eigenvalue weighted by atomic mass is 9.65. The summed E-state index contributed by atoms with van der Waals surface area (Å²) in [5, 5.41) is 0. The Bertz CT molecular complexity index is 96.6. The third-order valence-corrected chi connectivity index (χ3v) is 6.59. The minimum absolute atomic E-state index is 0.879. The van der Waals surface area contributed by atoms with Gasteiger partial charge in [0, 0.05) is 3.92 Å². The average Bonchev–Trinajstić information content (AvgIpc) is 2.08. The van der Waals surface area contributed by atoms with E-state index in [0.717, 1.165) is 33.5 Å². The maximum atomic E-state index is 2.65. The molecule has 0 aromatic carbocycles. The maximum absolute atomic E-state index is 2.65. The molecular weight excluding hydrogens is 259 g/mol. The number of halogens is 1. The quantitative estimate of drug-likeness (QED) is 0.465. The molecule has 0 bridgehead atoms. The van der Waals surface area contributed by atoms with Crippen molar-refractivity contribution < 1.29 is 0 Å². The van der Waals surface area contributed by atoms with Gasteiger partial charge in [-0.2, -0.15) is 0 Å². The summed E-state index contributed by atoms with van der Waals surface area (Å²) in [5.74, 6) is 4.50. The highest BCUT2D eigenvalue weighted by molar-refractivity contribution is 14.1. The molecule has 0 spiro atoms. The third-order valence-electron chi connectivity index (χ3n) is 4.32. The first-order valence-electron chi connectivity index (χ1n) is 5.10. The lowest BCUT2D eigenvalue weighted by Crippen LogP contribution is -2.41. The van der Waals surface area contributed by atoms with Crippen LogP contribution in [-0.4, -0.2) is 3.92 Å². The molecule has 4 atom stereocenters. The Morgan fingerprint density at radius 2 is 0.833 bits per heavy atom. The predicted octanol–water partition coefficient (Wildman–Crippen LogP) is 3.98. The highest BCUT2D eigenvalue weighted by Gasteiger charge is 2.39. The molecule has 0 aliphatic heterocycles. The van der Waals surface area contributed by atoms with Crippen LogP contribution in [0.3, 0.4) is 0 Å². The van der Waals surface area contributed by atoms with Crippen molar-refractivity contribution >= 4 is 22.6 Å². The highest BCUT2D eigenvalue weighted by Crippen LogP contribution is 2.44. The first-order chi connectivity index (χ1) is 5.46. The van der Waals surface area contributed by atoms with Gasteiger partial charge in [-0.15, -0.1) is 0 Å². The Labute approximate surface area is 90.6 Å². The number of hydrogen-bond donors (Lipinski definition) is 0. The lowest BCUT2D eigenvalue weighted by Gasteiger charge is -2.44. The fraction of sp³-hybridized carbons (Fsp3) is 1.00. The van der Waals surface area contributed by atoms with Crippen molar-refractivity contribution in [3.05, 3.63) is 0 Å². The molecule has 1 aliphatic rings. The molecular formula is C11H21I. The molecule has 12 heavy (non-hydrogen) atoms. The van der Waals surface area contributed by atoms with Crippen molar-refractivity contribution in [1.29, 1.82) is 0 Å². The van der Waals surface area contributed by atoms with Crippen molar-refractivity contribution in [3.8, 4) is 0 Å². The van der Waals surface area contributed by atoms with E-state index in [-0.39, 0.29) is 0 Å². The summed E-state index contributed by atoms with van der Waals surface area (Å²) in [5.41, 5.74) is 0. The van der Waals surface area contributed by atoms with Gasteiger partial charge in [0.2, 0.25) is 0 Å². The number of rotatable bonds is 0. The summed E-state index contributed by atoms with van der Waals surface area (Å²) in [6.07, 6.45) is 0. The molecule has 0 saturated heterocycles. The fourth-order valence-corrected chi connectivity index (χ4v) is 3.81. The molecule has 4 unspecified atom stereocenters. The predicted molar refractivity (Wildman–Crippen MR) is 63.6 cm³/mol. The molecule has 72 valence electrons.